The lowest BCUT2D eigenvalue weighted by Crippen LogP contribution is -2.27. The summed E-state index contributed by atoms with van der Waals surface area (Å²) >= 11 is 13.1. The highest BCUT2D eigenvalue weighted by Gasteiger charge is 2.35. The first-order valence-corrected chi connectivity index (χ1v) is 12.7. The van der Waals surface area contributed by atoms with Crippen molar-refractivity contribution in [3.63, 3.8) is 0 Å². The van der Waals surface area contributed by atoms with E-state index in [9.17, 15) is 14.4 Å². The first-order chi connectivity index (χ1) is 17.7. The molecule has 0 bridgehead atoms. The molecule has 7 nitrogen and oxygen atoms in total. The topological polar surface area (TPSA) is 84.9 Å². The molecule has 1 fully saturated rings. The minimum atomic E-state index is -0.401. The van der Waals surface area contributed by atoms with Crippen molar-refractivity contribution in [3.8, 4) is 11.5 Å². The Balaban J connectivity index is 1.42. The number of methoxy groups -OCH3 is 1. The van der Waals surface area contributed by atoms with Crippen LogP contribution in [0.4, 0.5) is 10.5 Å². The average molecular weight is 557 g/mol. The minimum Gasteiger partial charge on any atom is -0.493 e. The summed E-state index contributed by atoms with van der Waals surface area (Å²) in [6, 6.07) is 17.3. The fourth-order valence-electron chi connectivity index (χ4n) is 3.49. The van der Waals surface area contributed by atoms with Gasteiger partial charge in [0.2, 0.25) is 0 Å². The zero-order valence-corrected chi connectivity index (χ0v) is 22.2. The molecule has 0 saturated carbocycles. The quantitative estimate of drug-likeness (QED) is 0.316. The van der Waals surface area contributed by atoms with Gasteiger partial charge in [0.1, 0.15) is 0 Å². The van der Waals surface area contributed by atoms with Crippen LogP contribution in [0.15, 0.2) is 65.6 Å². The van der Waals surface area contributed by atoms with E-state index in [1.807, 2.05) is 13.0 Å². The number of ether oxygens (including phenoxy) is 2. The first-order valence-electron chi connectivity index (χ1n) is 11.1. The van der Waals surface area contributed by atoms with E-state index in [-0.39, 0.29) is 29.2 Å². The standard InChI is InChI=1S/C27H22Cl2N2O5S/c1-16-7-9-19(13-21(16)29)30-25(32)15-36-22-10-8-17(11-23(22)35-2)12-24-26(33)31(27(34)37-24)14-18-5-3-4-6-20(18)28/h3-13H,14-15H2,1-2H3,(H,30,32)/b24-12-. The predicted octanol–water partition coefficient (Wildman–Crippen LogP) is 6.56. The van der Waals surface area contributed by atoms with Crippen LogP contribution in [0.25, 0.3) is 6.08 Å². The van der Waals surface area contributed by atoms with E-state index in [4.69, 9.17) is 32.7 Å². The fraction of sp³-hybridized carbons (Fsp3) is 0.148. The second kappa shape index (κ2) is 11.7. The van der Waals surface area contributed by atoms with Crippen molar-refractivity contribution in [1.29, 1.82) is 0 Å². The van der Waals surface area contributed by atoms with Crippen LogP contribution in [0, 0.1) is 6.92 Å². The maximum absolute atomic E-state index is 12.9. The van der Waals surface area contributed by atoms with E-state index in [0.29, 0.717) is 38.4 Å². The van der Waals surface area contributed by atoms with Crippen molar-refractivity contribution < 1.29 is 23.9 Å². The van der Waals surface area contributed by atoms with Crippen molar-refractivity contribution in [2.24, 2.45) is 0 Å². The van der Waals surface area contributed by atoms with E-state index in [2.05, 4.69) is 5.32 Å². The van der Waals surface area contributed by atoms with Crippen molar-refractivity contribution in [2.45, 2.75) is 13.5 Å². The summed E-state index contributed by atoms with van der Waals surface area (Å²) in [5.74, 6) is -0.0425. The van der Waals surface area contributed by atoms with Gasteiger partial charge in [0.25, 0.3) is 17.1 Å². The Labute approximate surface area is 228 Å². The summed E-state index contributed by atoms with van der Waals surface area (Å²) in [6.45, 7) is 1.72. The zero-order valence-electron chi connectivity index (χ0n) is 19.9. The third kappa shape index (κ3) is 6.46. The molecule has 4 rings (SSSR count). The predicted molar refractivity (Wildman–Crippen MR) is 146 cm³/mol. The number of hydrogen-bond donors (Lipinski definition) is 1. The number of rotatable bonds is 8. The van der Waals surface area contributed by atoms with Crippen LogP contribution in [-0.2, 0) is 16.1 Å². The SMILES string of the molecule is COc1cc(/C=C2\SC(=O)N(Cc3ccccc3Cl)C2=O)ccc1OCC(=O)Nc1ccc(C)c(Cl)c1. The number of halogens is 2. The van der Waals surface area contributed by atoms with E-state index in [1.165, 1.54) is 7.11 Å². The second-order valence-electron chi connectivity index (χ2n) is 8.07. The van der Waals surface area contributed by atoms with Crippen LogP contribution in [0.1, 0.15) is 16.7 Å². The number of carbonyl (C=O) groups excluding carboxylic acids is 3. The normalized spacial score (nSPS) is 14.3. The third-order valence-electron chi connectivity index (χ3n) is 5.46. The van der Waals surface area contributed by atoms with Gasteiger partial charge in [-0.25, -0.2) is 0 Å². The van der Waals surface area contributed by atoms with Gasteiger partial charge < -0.3 is 14.8 Å². The van der Waals surface area contributed by atoms with E-state index < -0.39 is 5.91 Å². The molecule has 1 saturated heterocycles. The number of imide groups is 1. The molecule has 3 amide bonds. The summed E-state index contributed by atoms with van der Waals surface area (Å²) in [4.78, 5) is 39.1. The van der Waals surface area contributed by atoms with Crippen LogP contribution >= 0.6 is 35.0 Å². The Morgan fingerprint density at radius 2 is 1.81 bits per heavy atom. The smallest absolute Gasteiger partial charge is 0.293 e. The Morgan fingerprint density at radius 1 is 1.03 bits per heavy atom. The lowest BCUT2D eigenvalue weighted by Gasteiger charge is -2.13. The highest BCUT2D eigenvalue weighted by molar-refractivity contribution is 8.18. The Hall–Kier alpha value is -3.46. The summed E-state index contributed by atoms with van der Waals surface area (Å²) in [5, 5.41) is 3.40. The second-order valence-corrected chi connectivity index (χ2v) is 9.88. The zero-order chi connectivity index (χ0) is 26.5. The van der Waals surface area contributed by atoms with Gasteiger partial charge in [0.05, 0.1) is 18.6 Å². The van der Waals surface area contributed by atoms with E-state index in [0.717, 1.165) is 22.2 Å². The summed E-state index contributed by atoms with van der Waals surface area (Å²) in [6.07, 6.45) is 1.61. The van der Waals surface area contributed by atoms with Gasteiger partial charge in [-0.1, -0.05) is 53.5 Å². The maximum Gasteiger partial charge on any atom is 0.293 e. The van der Waals surface area contributed by atoms with Crippen LogP contribution < -0.4 is 14.8 Å². The number of nitrogens with zero attached hydrogens (tertiary/aromatic N) is 1. The molecule has 1 heterocycles. The maximum atomic E-state index is 12.9. The summed E-state index contributed by atoms with van der Waals surface area (Å²) in [5.41, 5.74) is 2.79. The van der Waals surface area contributed by atoms with Gasteiger partial charge in [-0.05, 0) is 71.8 Å². The van der Waals surface area contributed by atoms with Gasteiger partial charge in [0.15, 0.2) is 18.1 Å². The minimum absolute atomic E-state index is 0.0919. The summed E-state index contributed by atoms with van der Waals surface area (Å²) in [7, 11) is 1.47. The van der Waals surface area contributed by atoms with E-state index in [1.54, 1.807) is 60.7 Å². The van der Waals surface area contributed by atoms with Crippen molar-refractivity contribution >= 4 is 63.8 Å². The molecule has 0 spiro atoms. The fourth-order valence-corrected chi connectivity index (χ4v) is 4.70. The van der Waals surface area contributed by atoms with Gasteiger partial charge in [-0.2, -0.15) is 0 Å². The van der Waals surface area contributed by atoms with Crippen molar-refractivity contribution in [2.75, 3.05) is 19.0 Å². The lowest BCUT2D eigenvalue weighted by molar-refractivity contribution is -0.123. The van der Waals surface area contributed by atoms with Gasteiger partial charge in [0, 0.05) is 15.7 Å². The highest BCUT2D eigenvalue weighted by Crippen LogP contribution is 2.36. The Morgan fingerprint density at radius 3 is 2.54 bits per heavy atom. The highest BCUT2D eigenvalue weighted by atomic mass is 35.5. The van der Waals surface area contributed by atoms with Crippen LogP contribution in [0.2, 0.25) is 10.0 Å². The molecule has 190 valence electrons. The van der Waals surface area contributed by atoms with Gasteiger partial charge in [-0.15, -0.1) is 0 Å². The molecule has 0 aromatic heterocycles. The Kier molecular flexibility index (Phi) is 8.43. The molecule has 0 radical (unpaired) electrons. The van der Waals surface area contributed by atoms with E-state index >= 15 is 0 Å². The van der Waals surface area contributed by atoms with Crippen LogP contribution in [-0.4, -0.2) is 35.7 Å². The van der Waals surface area contributed by atoms with Crippen molar-refractivity contribution in [3.05, 3.63) is 92.3 Å². The number of anilines is 1. The van der Waals surface area contributed by atoms with Gasteiger partial charge in [-0.3, -0.25) is 19.3 Å². The monoisotopic (exact) mass is 556 g/mol. The molecule has 0 atom stereocenters. The molecular formula is C27H22Cl2N2O5S. The molecule has 3 aromatic rings. The molecule has 0 unspecified atom stereocenters. The number of nitrogens with one attached hydrogen (secondary N) is 1. The van der Waals surface area contributed by atoms with Crippen LogP contribution in [0.5, 0.6) is 11.5 Å². The molecule has 1 aliphatic heterocycles. The largest absolute Gasteiger partial charge is 0.493 e. The molecule has 37 heavy (non-hydrogen) atoms. The molecule has 1 aliphatic rings. The number of hydrogen-bond acceptors (Lipinski definition) is 6. The molecular weight excluding hydrogens is 535 g/mol. The van der Waals surface area contributed by atoms with Crippen LogP contribution in [0.3, 0.4) is 0 Å². The average Bonchev–Trinajstić information content (AvgIpc) is 3.13. The van der Waals surface area contributed by atoms with Gasteiger partial charge >= 0.3 is 0 Å². The number of carbonyl (C=O) groups is 3. The summed E-state index contributed by atoms with van der Waals surface area (Å²) < 4.78 is 11.0. The molecule has 10 heteroatoms. The Bertz CT molecular complexity index is 1410. The lowest BCUT2D eigenvalue weighted by atomic mass is 10.1. The third-order valence-corrected chi connectivity index (χ3v) is 7.14. The number of benzene rings is 3. The first kappa shape index (κ1) is 26.6. The molecule has 3 aromatic carbocycles. The molecule has 0 aliphatic carbocycles. The number of thioether (sulfide) groups is 1. The number of aryl methyl sites for hydroxylation is 1. The molecule has 1 N–H and O–H groups in total. The van der Waals surface area contributed by atoms with Crippen molar-refractivity contribution in [1.82, 2.24) is 4.90 Å². The number of amides is 3.